The molecule has 9 rings (SSSR count). The minimum absolute atomic E-state index is 0.659. The Kier molecular flexibility index (Phi) is 5.90. The lowest BCUT2D eigenvalue weighted by Gasteiger charge is -2.12. The molecule has 6 aromatic carbocycles. The molecule has 4 heteroatoms. The van der Waals surface area contributed by atoms with Crippen LogP contribution in [0.15, 0.2) is 146 Å². The second kappa shape index (κ2) is 10.3. The van der Waals surface area contributed by atoms with Crippen LogP contribution in [0.3, 0.4) is 0 Å². The molecule has 0 N–H and O–H groups in total. The Morgan fingerprint density at radius 2 is 0.848 bits per heavy atom. The van der Waals surface area contributed by atoms with Crippen LogP contribution in [0.4, 0.5) is 0 Å². The van der Waals surface area contributed by atoms with E-state index in [-0.39, 0.29) is 0 Å². The molecule has 0 aliphatic rings. The van der Waals surface area contributed by atoms with E-state index in [1.54, 1.807) is 0 Å². The zero-order valence-electron chi connectivity index (χ0n) is 25.6. The number of fused-ring (bicyclic) bond motifs is 7. The van der Waals surface area contributed by atoms with Crippen LogP contribution >= 0.6 is 0 Å². The fourth-order valence-corrected chi connectivity index (χ4v) is 6.97. The van der Waals surface area contributed by atoms with Gasteiger partial charge in [-0.05, 0) is 68.4 Å². The zero-order valence-corrected chi connectivity index (χ0v) is 25.6. The maximum Gasteiger partial charge on any atom is 0.235 e. The highest BCUT2D eigenvalue weighted by molar-refractivity contribution is 6.29. The summed E-state index contributed by atoms with van der Waals surface area (Å²) in [5, 5.41) is 4.91. The third-order valence-corrected chi connectivity index (χ3v) is 9.04. The number of aryl methyl sites for hydroxylation is 2. The zero-order chi connectivity index (χ0) is 30.8. The summed E-state index contributed by atoms with van der Waals surface area (Å²) < 4.78 is 4.65. The van der Waals surface area contributed by atoms with Gasteiger partial charge >= 0.3 is 0 Å². The van der Waals surface area contributed by atoms with Crippen molar-refractivity contribution in [2.45, 2.75) is 13.8 Å². The van der Waals surface area contributed by atoms with E-state index in [0.717, 1.165) is 39.2 Å². The normalized spacial score (nSPS) is 11.7. The molecule has 0 amide bonds. The van der Waals surface area contributed by atoms with Gasteiger partial charge in [-0.3, -0.25) is 4.57 Å². The van der Waals surface area contributed by atoms with Crippen LogP contribution in [0.1, 0.15) is 11.1 Å². The summed E-state index contributed by atoms with van der Waals surface area (Å²) in [5.74, 6) is 0.659. The van der Waals surface area contributed by atoms with E-state index in [1.807, 2.05) is 12.1 Å². The smallest absolute Gasteiger partial charge is 0.235 e. The molecule has 0 radical (unpaired) electrons. The van der Waals surface area contributed by atoms with E-state index in [2.05, 4.69) is 156 Å². The molecule has 0 aliphatic heterocycles. The van der Waals surface area contributed by atoms with Gasteiger partial charge in [0.2, 0.25) is 5.95 Å². The van der Waals surface area contributed by atoms with Gasteiger partial charge in [0.15, 0.2) is 0 Å². The molecule has 0 fully saturated rings. The first kappa shape index (κ1) is 26.4. The highest BCUT2D eigenvalue weighted by atomic mass is 15.2. The van der Waals surface area contributed by atoms with Crippen LogP contribution in [0.25, 0.3) is 77.8 Å². The number of hydrogen-bond donors (Lipinski definition) is 0. The molecule has 3 aromatic heterocycles. The molecular formula is C42H30N4. The first-order chi connectivity index (χ1) is 22.6. The summed E-state index contributed by atoms with van der Waals surface area (Å²) in [6.45, 7) is 4.34. The summed E-state index contributed by atoms with van der Waals surface area (Å²) in [6.07, 6.45) is 0. The predicted molar refractivity (Wildman–Crippen MR) is 191 cm³/mol. The molecule has 0 unspecified atom stereocenters. The van der Waals surface area contributed by atoms with E-state index in [9.17, 15) is 0 Å². The summed E-state index contributed by atoms with van der Waals surface area (Å²) in [7, 11) is 0. The van der Waals surface area contributed by atoms with Gasteiger partial charge in [-0.15, -0.1) is 0 Å². The van der Waals surface area contributed by atoms with Gasteiger partial charge in [-0.1, -0.05) is 102 Å². The number of aromatic nitrogens is 4. The van der Waals surface area contributed by atoms with Crippen LogP contribution in [0.2, 0.25) is 0 Å². The monoisotopic (exact) mass is 590 g/mol. The lowest BCUT2D eigenvalue weighted by molar-refractivity contribution is 0.995. The molecule has 0 saturated heterocycles. The van der Waals surface area contributed by atoms with E-state index in [1.165, 1.54) is 43.7 Å². The third-order valence-electron chi connectivity index (χ3n) is 9.04. The van der Waals surface area contributed by atoms with Crippen molar-refractivity contribution >= 4 is 43.6 Å². The Balaban J connectivity index is 1.43. The average molecular weight is 591 g/mol. The number of para-hydroxylation sites is 1. The summed E-state index contributed by atoms with van der Waals surface area (Å²) in [6, 6.07) is 51.5. The molecule has 218 valence electrons. The molecule has 46 heavy (non-hydrogen) atoms. The minimum Gasteiger partial charge on any atom is -0.309 e. The minimum atomic E-state index is 0.659. The number of rotatable bonds is 4. The maximum atomic E-state index is 5.25. The highest BCUT2D eigenvalue weighted by Crippen LogP contribution is 2.42. The second-order valence-corrected chi connectivity index (χ2v) is 12.1. The molecule has 3 heterocycles. The van der Waals surface area contributed by atoms with E-state index in [4.69, 9.17) is 9.97 Å². The van der Waals surface area contributed by atoms with Crippen molar-refractivity contribution in [3.8, 4) is 34.2 Å². The van der Waals surface area contributed by atoms with Gasteiger partial charge in [0.1, 0.15) is 0 Å². The van der Waals surface area contributed by atoms with Crippen molar-refractivity contribution in [1.29, 1.82) is 0 Å². The number of hydrogen-bond acceptors (Lipinski definition) is 2. The lowest BCUT2D eigenvalue weighted by atomic mass is 10.0. The molecule has 0 spiro atoms. The summed E-state index contributed by atoms with van der Waals surface area (Å²) >= 11 is 0. The highest BCUT2D eigenvalue weighted by Gasteiger charge is 2.22. The predicted octanol–water partition coefficient (Wildman–Crippen LogP) is 10.6. The Labute approximate surface area is 266 Å². The summed E-state index contributed by atoms with van der Waals surface area (Å²) in [5.41, 5.74) is 12.1. The van der Waals surface area contributed by atoms with Gasteiger partial charge < -0.3 is 4.57 Å². The average Bonchev–Trinajstić information content (AvgIpc) is 3.61. The van der Waals surface area contributed by atoms with Crippen LogP contribution in [-0.4, -0.2) is 19.1 Å². The topological polar surface area (TPSA) is 35.6 Å². The molecule has 0 aliphatic carbocycles. The van der Waals surface area contributed by atoms with Crippen molar-refractivity contribution in [3.63, 3.8) is 0 Å². The first-order valence-electron chi connectivity index (χ1n) is 15.7. The molecular weight excluding hydrogens is 560 g/mol. The fraction of sp³-hybridized carbons (Fsp3) is 0.0476. The molecule has 4 nitrogen and oxygen atoms in total. The molecule has 0 atom stereocenters. The molecule has 0 saturated carbocycles. The first-order valence-corrected chi connectivity index (χ1v) is 15.7. The van der Waals surface area contributed by atoms with Crippen molar-refractivity contribution in [3.05, 3.63) is 157 Å². The van der Waals surface area contributed by atoms with Gasteiger partial charge in [-0.2, -0.15) is 0 Å². The largest absolute Gasteiger partial charge is 0.309 e. The number of benzene rings is 6. The van der Waals surface area contributed by atoms with Crippen LogP contribution in [0.5, 0.6) is 0 Å². The van der Waals surface area contributed by atoms with Crippen LogP contribution < -0.4 is 0 Å². The summed E-state index contributed by atoms with van der Waals surface area (Å²) in [4.78, 5) is 10.5. The van der Waals surface area contributed by atoms with Crippen LogP contribution in [-0.2, 0) is 0 Å². The van der Waals surface area contributed by atoms with Crippen molar-refractivity contribution in [2.24, 2.45) is 0 Å². The second-order valence-electron chi connectivity index (χ2n) is 12.1. The van der Waals surface area contributed by atoms with E-state index in [0.29, 0.717) is 5.95 Å². The van der Waals surface area contributed by atoms with Gasteiger partial charge in [0.25, 0.3) is 0 Å². The SMILES string of the molecule is Cc1ccc2c(c1)c1c3c4cc(C)ccc4n(-c4nc(-c5ccccc5)cc(-c5ccccc5)n4)c3ccc1n2-c1ccccc1. The standard InChI is InChI=1S/C42H30N4/c1-27-18-20-36-32(24-27)40-38(45(36)31-16-10-5-11-17-31)22-23-39-41(40)33-25-28(2)19-21-37(33)46(39)42-43-34(29-12-6-3-7-13-29)26-35(44-42)30-14-8-4-9-15-30/h3-26H,1-2H3. The Morgan fingerprint density at radius 1 is 0.413 bits per heavy atom. The van der Waals surface area contributed by atoms with Crippen molar-refractivity contribution < 1.29 is 0 Å². The van der Waals surface area contributed by atoms with E-state index >= 15 is 0 Å². The van der Waals surface area contributed by atoms with Gasteiger partial charge in [0.05, 0.1) is 33.5 Å². The lowest BCUT2D eigenvalue weighted by Crippen LogP contribution is -2.04. The Hall–Kier alpha value is -6.00. The molecule has 9 aromatic rings. The van der Waals surface area contributed by atoms with Crippen molar-refractivity contribution in [1.82, 2.24) is 19.1 Å². The van der Waals surface area contributed by atoms with Crippen LogP contribution in [0, 0.1) is 13.8 Å². The Morgan fingerprint density at radius 3 is 1.37 bits per heavy atom. The van der Waals surface area contributed by atoms with Crippen molar-refractivity contribution in [2.75, 3.05) is 0 Å². The molecule has 0 bridgehead atoms. The fourth-order valence-electron chi connectivity index (χ4n) is 6.97. The quantitative estimate of drug-likeness (QED) is 0.204. The van der Waals surface area contributed by atoms with Gasteiger partial charge in [0, 0.05) is 38.4 Å². The van der Waals surface area contributed by atoms with Gasteiger partial charge in [-0.25, -0.2) is 9.97 Å². The third kappa shape index (κ3) is 4.07. The van der Waals surface area contributed by atoms with E-state index < -0.39 is 0 Å². The Bertz CT molecular complexity index is 2520. The maximum absolute atomic E-state index is 5.25. The number of nitrogens with zero attached hydrogens (tertiary/aromatic N) is 4.